The molecule has 3 rings (SSSR count). The summed E-state index contributed by atoms with van der Waals surface area (Å²) in [7, 11) is 3.81. The SMILES string of the molecule is C[C@@H]1SCCN(C(=O)c2ccc(N(C)C)nn2)[C@@H]1c1ccccc1. The van der Waals surface area contributed by atoms with Gasteiger partial charge >= 0.3 is 0 Å². The van der Waals surface area contributed by atoms with E-state index in [1.165, 1.54) is 5.56 Å². The summed E-state index contributed by atoms with van der Waals surface area (Å²) in [6.07, 6.45) is 0. The second-order valence-corrected chi connectivity index (χ2v) is 7.59. The van der Waals surface area contributed by atoms with Crippen molar-refractivity contribution < 1.29 is 4.79 Å². The van der Waals surface area contributed by atoms with Crippen LogP contribution in [0.2, 0.25) is 0 Å². The topological polar surface area (TPSA) is 49.3 Å². The number of amides is 1. The third-order valence-corrected chi connectivity index (χ3v) is 5.42. The molecule has 1 amide bonds. The van der Waals surface area contributed by atoms with Gasteiger partial charge in [0.2, 0.25) is 0 Å². The standard InChI is InChI=1S/C18H22N4OS/c1-13-17(14-7-5-4-6-8-14)22(11-12-24-13)18(23)15-9-10-16(20-19-15)21(2)3/h4-10,13,17H,11-12H2,1-3H3/t13-,17-/m0/s1. The van der Waals surface area contributed by atoms with Crippen molar-refractivity contribution in [1.82, 2.24) is 15.1 Å². The van der Waals surface area contributed by atoms with Crippen molar-refractivity contribution in [2.24, 2.45) is 0 Å². The molecule has 1 aromatic carbocycles. The highest BCUT2D eigenvalue weighted by molar-refractivity contribution is 8.00. The summed E-state index contributed by atoms with van der Waals surface area (Å²) in [6.45, 7) is 2.91. The Morgan fingerprint density at radius 2 is 1.92 bits per heavy atom. The monoisotopic (exact) mass is 342 g/mol. The minimum atomic E-state index is -0.0474. The highest BCUT2D eigenvalue weighted by atomic mass is 32.2. The van der Waals surface area contributed by atoms with Crippen LogP contribution >= 0.6 is 11.8 Å². The van der Waals surface area contributed by atoms with Gasteiger partial charge in [0.1, 0.15) is 0 Å². The van der Waals surface area contributed by atoms with E-state index in [1.807, 2.05) is 59.9 Å². The number of thioether (sulfide) groups is 1. The smallest absolute Gasteiger partial charge is 0.274 e. The summed E-state index contributed by atoms with van der Waals surface area (Å²) in [5.41, 5.74) is 1.57. The van der Waals surface area contributed by atoms with E-state index in [0.29, 0.717) is 10.9 Å². The van der Waals surface area contributed by atoms with Gasteiger partial charge in [-0.25, -0.2) is 0 Å². The summed E-state index contributed by atoms with van der Waals surface area (Å²) < 4.78 is 0. The van der Waals surface area contributed by atoms with Crippen molar-refractivity contribution in [2.75, 3.05) is 31.3 Å². The maximum Gasteiger partial charge on any atom is 0.274 e. The predicted octanol–water partition coefficient (Wildman–Crippen LogP) is 2.86. The van der Waals surface area contributed by atoms with Crippen LogP contribution < -0.4 is 4.90 Å². The number of carbonyl (C=O) groups excluding carboxylic acids is 1. The molecule has 1 fully saturated rings. The molecule has 0 radical (unpaired) electrons. The van der Waals surface area contributed by atoms with Gasteiger partial charge in [-0.15, -0.1) is 10.2 Å². The van der Waals surface area contributed by atoms with Crippen LogP contribution in [0, 0.1) is 0 Å². The summed E-state index contributed by atoms with van der Waals surface area (Å²) in [5.74, 6) is 1.64. The zero-order valence-corrected chi connectivity index (χ0v) is 15.0. The van der Waals surface area contributed by atoms with Crippen LogP contribution in [0.4, 0.5) is 5.82 Å². The molecule has 1 saturated heterocycles. The van der Waals surface area contributed by atoms with Gasteiger partial charge in [0.15, 0.2) is 11.5 Å². The molecule has 0 saturated carbocycles. The number of hydrogen-bond donors (Lipinski definition) is 0. The second kappa shape index (κ2) is 7.21. The minimum absolute atomic E-state index is 0.0474. The van der Waals surface area contributed by atoms with Crippen molar-refractivity contribution in [2.45, 2.75) is 18.2 Å². The number of nitrogens with zero attached hydrogens (tertiary/aromatic N) is 4. The van der Waals surface area contributed by atoms with Crippen LogP contribution in [0.25, 0.3) is 0 Å². The Labute approximate surface area is 147 Å². The highest BCUT2D eigenvalue weighted by Crippen LogP contribution is 2.36. The van der Waals surface area contributed by atoms with Crippen molar-refractivity contribution in [1.29, 1.82) is 0 Å². The van der Waals surface area contributed by atoms with E-state index in [-0.39, 0.29) is 11.9 Å². The van der Waals surface area contributed by atoms with Gasteiger partial charge in [-0.1, -0.05) is 37.3 Å². The van der Waals surface area contributed by atoms with E-state index in [9.17, 15) is 4.79 Å². The van der Waals surface area contributed by atoms with E-state index in [4.69, 9.17) is 0 Å². The fraction of sp³-hybridized carbons (Fsp3) is 0.389. The molecule has 1 aliphatic heterocycles. The molecule has 24 heavy (non-hydrogen) atoms. The molecular weight excluding hydrogens is 320 g/mol. The zero-order valence-electron chi connectivity index (χ0n) is 14.2. The molecule has 1 aliphatic rings. The average Bonchev–Trinajstić information content (AvgIpc) is 2.61. The number of carbonyl (C=O) groups is 1. The van der Waals surface area contributed by atoms with Crippen LogP contribution in [0.5, 0.6) is 0 Å². The van der Waals surface area contributed by atoms with E-state index >= 15 is 0 Å². The molecule has 6 heteroatoms. The van der Waals surface area contributed by atoms with Gasteiger partial charge in [0.25, 0.3) is 5.91 Å². The lowest BCUT2D eigenvalue weighted by molar-refractivity contribution is 0.0673. The van der Waals surface area contributed by atoms with E-state index < -0.39 is 0 Å². The second-order valence-electron chi connectivity index (χ2n) is 6.10. The molecule has 0 aliphatic carbocycles. The Bertz CT molecular complexity index is 690. The Balaban J connectivity index is 1.88. The van der Waals surface area contributed by atoms with Crippen molar-refractivity contribution >= 4 is 23.5 Å². The van der Waals surface area contributed by atoms with Crippen LogP contribution in [-0.2, 0) is 0 Å². The number of aromatic nitrogens is 2. The Morgan fingerprint density at radius 3 is 2.54 bits per heavy atom. The summed E-state index contributed by atoms with van der Waals surface area (Å²) in [4.78, 5) is 16.8. The van der Waals surface area contributed by atoms with Crippen molar-refractivity contribution in [3.8, 4) is 0 Å². The van der Waals surface area contributed by atoms with Crippen LogP contribution in [-0.4, -0.2) is 52.6 Å². The van der Waals surface area contributed by atoms with E-state index in [0.717, 1.165) is 18.1 Å². The predicted molar refractivity (Wildman–Crippen MR) is 98.5 cm³/mol. The van der Waals surface area contributed by atoms with Crippen molar-refractivity contribution in [3.63, 3.8) is 0 Å². The number of benzene rings is 1. The molecule has 2 heterocycles. The molecule has 2 atom stereocenters. The average molecular weight is 342 g/mol. The third-order valence-electron chi connectivity index (χ3n) is 4.22. The lowest BCUT2D eigenvalue weighted by atomic mass is 10.0. The summed E-state index contributed by atoms with van der Waals surface area (Å²) >= 11 is 1.91. The van der Waals surface area contributed by atoms with E-state index in [2.05, 4.69) is 29.3 Å². The first-order chi connectivity index (χ1) is 11.6. The van der Waals surface area contributed by atoms with Gasteiger partial charge in [0.05, 0.1) is 6.04 Å². The number of anilines is 1. The van der Waals surface area contributed by atoms with Gasteiger partial charge < -0.3 is 9.80 Å². The van der Waals surface area contributed by atoms with E-state index in [1.54, 1.807) is 6.07 Å². The van der Waals surface area contributed by atoms with Gasteiger partial charge in [-0.2, -0.15) is 11.8 Å². The maximum atomic E-state index is 13.0. The first-order valence-corrected chi connectivity index (χ1v) is 9.11. The van der Waals surface area contributed by atoms with Gasteiger partial charge in [-0.05, 0) is 17.7 Å². The molecule has 0 unspecified atom stereocenters. The van der Waals surface area contributed by atoms with Gasteiger partial charge in [0, 0.05) is 31.6 Å². The molecule has 126 valence electrons. The fourth-order valence-corrected chi connectivity index (χ4v) is 4.13. The van der Waals surface area contributed by atoms with Crippen LogP contribution in [0.1, 0.15) is 29.0 Å². The summed E-state index contributed by atoms with van der Waals surface area (Å²) in [5, 5.41) is 8.62. The maximum absolute atomic E-state index is 13.0. The molecule has 1 aromatic heterocycles. The normalized spacial score (nSPS) is 20.7. The molecule has 0 N–H and O–H groups in total. The van der Waals surface area contributed by atoms with Crippen LogP contribution in [0.15, 0.2) is 42.5 Å². The first kappa shape index (κ1) is 16.8. The number of hydrogen-bond acceptors (Lipinski definition) is 5. The Morgan fingerprint density at radius 1 is 1.17 bits per heavy atom. The lowest BCUT2D eigenvalue weighted by Gasteiger charge is -2.39. The fourth-order valence-electron chi connectivity index (χ4n) is 2.97. The Kier molecular flexibility index (Phi) is 5.04. The molecule has 5 nitrogen and oxygen atoms in total. The first-order valence-electron chi connectivity index (χ1n) is 8.06. The van der Waals surface area contributed by atoms with Gasteiger partial charge in [-0.3, -0.25) is 4.79 Å². The number of rotatable bonds is 3. The molecule has 0 bridgehead atoms. The highest BCUT2D eigenvalue weighted by Gasteiger charge is 2.34. The Hall–Kier alpha value is -2.08. The molecular formula is C18H22N4OS. The third kappa shape index (κ3) is 3.38. The van der Waals surface area contributed by atoms with Crippen molar-refractivity contribution in [3.05, 3.63) is 53.7 Å². The quantitative estimate of drug-likeness (QED) is 0.858. The summed E-state index contributed by atoms with van der Waals surface area (Å²) in [6, 6.07) is 13.9. The minimum Gasteiger partial charge on any atom is -0.361 e. The lowest BCUT2D eigenvalue weighted by Crippen LogP contribution is -2.44. The molecule has 0 spiro atoms. The largest absolute Gasteiger partial charge is 0.361 e. The molecule has 2 aromatic rings. The van der Waals surface area contributed by atoms with Crippen LogP contribution in [0.3, 0.4) is 0 Å². The zero-order chi connectivity index (χ0) is 17.1.